The number of allylic oxidation sites excluding steroid dienone is 4. The van der Waals surface area contributed by atoms with Crippen LogP contribution >= 0.6 is 0 Å². The van der Waals surface area contributed by atoms with Crippen LogP contribution < -0.4 is 0 Å². The smallest absolute Gasteiger partial charge is 0.147 e. The summed E-state index contributed by atoms with van der Waals surface area (Å²) in [6.45, 7) is 0. The summed E-state index contributed by atoms with van der Waals surface area (Å²) in [5.41, 5.74) is 0. The molecule has 1 nitrogen and oxygen atoms in total. The van der Waals surface area contributed by atoms with Crippen LogP contribution in [-0.2, 0) is 4.79 Å². The number of hydrogen-bond acceptors (Lipinski definition) is 1. The van der Waals surface area contributed by atoms with Crippen LogP contribution in [0, 0.1) is 23.6 Å². The molecule has 2 atom stereocenters. The number of rotatable bonds is 0. The third-order valence-corrected chi connectivity index (χ3v) is 2.63. The van der Waals surface area contributed by atoms with Crippen molar-refractivity contribution in [2.45, 2.75) is 0 Å². The van der Waals surface area contributed by atoms with Crippen LogP contribution in [0.15, 0.2) is 24.3 Å². The number of carbonyl (C=O) groups is 1. The van der Waals surface area contributed by atoms with Crippen LogP contribution in [0.2, 0.25) is 0 Å². The average molecular weight is 133 g/mol. The predicted octanol–water partition coefficient (Wildman–Crippen LogP) is 1.17. The van der Waals surface area contributed by atoms with Crippen LogP contribution in [-0.4, -0.2) is 5.78 Å². The third kappa shape index (κ3) is 0.367. The fourth-order valence-corrected chi connectivity index (χ4v) is 1.99. The van der Waals surface area contributed by atoms with Crippen molar-refractivity contribution in [3.63, 3.8) is 0 Å². The molecule has 10 heavy (non-hydrogen) atoms. The molecule has 3 aliphatic rings. The molecule has 0 amide bonds. The van der Waals surface area contributed by atoms with Gasteiger partial charge in [0.2, 0.25) is 0 Å². The standard InChI is InChI=1S/C9H8O/c10-9-5-1-3-6-7(4-2-5)8(6)9/h1-8H/i8D. The van der Waals surface area contributed by atoms with Crippen molar-refractivity contribution in [3.05, 3.63) is 24.3 Å². The van der Waals surface area contributed by atoms with Crippen molar-refractivity contribution in [3.8, 4) is 0 Å². The molecule has 2 bridgehead atoms. The lowest BCUT2D eigenvalue weighted by Crippen LogP contribution is -2.17. The molecule has 2 unspecified atom stereocenters. The van der Waals surface area contributed by atoms with Gasteiger partial charge in [-0.1, -0.05) is 24.3 Å². The lowest BCUT2D eigenvalue weighted by Gasteiger charge is -2.11. The van der Waals surface area contributed by atoms with E-state index in [2.05, 4.69) is 0 Å². The molecule has 0 aromatic rings. The van der Waals surface area contributed by atoms with Gasteiger partial charge in [0.05, 0.1) is 5.92 Å². The topological polar surface area (TPSA) is 17.1 Å². The molecule has 0 heterocycles. The minimum atomic E-state index is -0.742. The maximum Gasteiger partial charge on any atom is 0.147 e. The van der Waals surface area contributed by atoms with Gasteiger partial charge in [-0.2, -0.15) is 0 Å². The van der Waals surface area contributed by atoms with Crippen molar-refractivity contribution < 1.29 is 6.17 Å². The van der Waals surface area contributed by atoms with Crippen LogP contribution in [0.1, 0.15) is 1.37 Å². The molecule has 50 valence electrons. The molecule has 0 aliphatic heterocycles. The molecular weight excluding hydrogens is 124 g/mol. The Morgan fingerprint density at radius 2 is 1.80 bits per heavy atom. The van der Waals surface area contributed by atoms with E-state index in [-0.39, 0.29) is 23.5 Å². The van der Waals surface area contributed by atoms with Gasteiger partial charge < -0.3 is 0 Å². The lowest BCUT2D eigenvalue weighted by molar-refractivity contribution is -0.122. The minimum absolute atomic E-state index is 0.0810. The molecule has 3 aliphatic carbocycles. The Hall–Kier alpha value is -0.850. The first-order valence-electron chi connectivity index (χ1n) is 4.15. The van der Waals surface area contributed by atoms with E-state index in [0.717, 1.165) is 0 Å². The summed E-state index contributed by atoms with van der Waals surface area (Å²) in [5.74, 6) is -0.316. The first-order valence-corrected chi connectivity index (χ1v) is 3.65. The first kappa shape index (κ1) is 4.12. The zero-order valence-corrected chi connectivity index (χ0v) is 5.45. The van der Waals surface area contributed by atoms with Gasteiger partial charge in [-0.15, -0.1) is 0 Å². The zero-order valence-electron chi connectivity index (χ0n) is 6.45. The van der Waals surface area contributed by atoms with Gasteiger partial charge in [0.1, 0.15) is 5.78 Å². The summed E-state index contributed by atoms with van der Waals surface area (Å²) in [5, 5.41) is 0. The summed E-state index contributed by atoms with van der Waals surface area (Å²) >= 11 is 0. The molecule has 1 fully saturated rings. The molecule has 0 N–H and O–H groups in total. The highest BCUT2D eigenvalue weighted by Crippen LogP contribution is 2.55. The van der Waals surface area contributed by atoms with Crippen molar-refractivity contribution in [1.29, 1.82) is 0 Å². The van der Waals surface area contributed by atoms with E-state index < -0.39 is 5.89 Å². The molecular formula is C9H8O. The number of hydrogen-bond donors (Lipinski definition) is 0. The van der Waals surface area contributed by atoms with Gasteiger partial charge in [-0.25, -0.2) is 0 Å². The molecule has 1 saturated carbocycles. The van der Waals surface area contributed by atoms with Crippen LogP contribution in [0.5, 0.6) is 0 Å². The quantitative estimate of drug-likeness (QED) is 0.453. The largest absolute Gasteiger partial charge is 0.298 e. The highest BCUT2D eigenvalue weighted by molar-refractivity contribution is 5.93. The maximum atomic E-state index is 11.5. The molecule has 0 aromatic heterocycles. The normalized spacial score (nSPS) is 62.2. The Bertz CT molecular complexity index is 283. The van der Waals surface area contributed by atoms with Gasteiger partial charge >= 0.3 is 0 Å². The van der Waals surface area contributed by atoms with Crippen LogP contribution in [0.4, 0.5) is 0 Å². The number of carbonyl (C=O) groups excluding carboxylic acids is 1. The summed E-state index contributed by atoms with van der Waals surface area (Å²) in [4.78, 5) is 11.5. The highest BCUT2D eigenvalue weighted by atomic mass is 16.1. The second kappa shape index (κ2) is 1.26. The van der Waals surface area contributed by atoms with Gasteiger partial charge in [-0.3, -0.25) is 4.79 Å². The van der Waals surface area contributed by atoms with E-state index in [9.17, 15) is 4.79 Å². The Balaban J connectivity index is 2.25. The van der Waals surface area contributed by atoms with Crippen molar-refractivity contribution >= 4 is 5.78 Å². The van der Waals surface area contributed by atoms with Crippen molar-refractivity contribution in [2.75, 3.05) is 0 Å². The molecule has 0 spiro atoms. The first-order chi connectivity index (χ1) is 5.24. The Morgan fingerprint density at radius 1 is 1.20 bits per heavy atom. The van der Waals surface area contributed by atoms with E-state index in [4.69, 9.17) is 1.37 Å². The van der Waals surface area contributed by atoms with E-state index in [0.29, 0.717) is 0 Å². The second-order valence-electron chi connectivity index (χ2n) is 3.17. The Morgan fingerprint density at radius 3 is 2.30 bits per heavy atom. The minimum Gasteiger partial charge on any atom is -0.298 e. The van der Waals surface area contributed by atoms with E-state index in [1.54, 1.807) is 0 Å². The van der Waals surface area contributed by atoms with Crippen molar-refractivity contribution in [2.24, 2.45) is 23.6 Å². The zero-order chi connectivity index (χ0) is 7.64. The predicted molar refractivity (Wildman–Crippen MR) is 37.2 cm³/mol. The van der Waals surface area contributed by atoms with Gasteiger partial charge in [-0.05, 0) is 11.8 Å². The summed E-state index contributed by atoms with van der Waals surface area (Å²) in [6, 6.07) is 0. The van der Waals surface area contributed by atoms with Gasteiger partial charge in [0, 0.05) is 7.26 Å². The molecule has 0 saturated heterocycles. The second-order valence-corrected chi connectivity index (χ2v) is 3.17. The summed E-state index contributed by atoms with van der Waals surface area (Å²) < 4.78 is 7.84. The third-order valence-electron chi connectivity index (χ3n) is 2.63. The van der Waals surface area contributed by atoms with Gasteiger partial charge in [0.15, 0.2) is 0 Å². The highest BCUT2D eigenvalue weighted by Gasteiger charge is 2.56. The fourth-order valence-electron chi connectivity index (χ4n) is 1.99. The maximum absolute atomic E-state index is 11.5. The summed E-state index contributed by atoms with van der Waals surface area (Å²) in [7, 11) is 0. The Labute approximate surface area is 60.8 Å². The van der Waals surface area contributed by atoms with Crippen LogP contribution in [0.3, 0.4) is 0 Å². The lowest BCUT2D eigenvalue weighted by atomic mass is 9.92. The number of Topliss-reactive ketones (excluding diaryl/α,β-unsaturated/α-hetero) is 1. The number of ketones is 1. The van der Waals surface area contributed by atoms with Crippen molar-refractivity contribution in [1.82, 2.24) is 0 Å². The average Bonchev–Trinajstić information content (AvgIpc) is 2.64. The van der Waals surface area contributed by atoms with E-state index in [1.807, 2.05) is 24.3 Å². The molecule has 0 aromatic carbocycles. The number of fused-ring (bicyclic) bond motifs is 2. The SMILES string of the molecule is [2H]C12C(=O)C3C=CC1C2C=C3. The molecule has 3 rings (SSSR count). The summed E-state index contributed by atoms with van der Waals surface area (Å²) in [6.07, 6.45) is 7.93. The fraction of sp³-hybridized carbons (Fsp3) is 0.444. The molecule has 1 heteroatoms. The van der Waals surface area contributed by atoms with Crippen LogP contribution in [0.25, 0.3) is 0 Å². The van der Waals surface area contributed by atoms with E-state index >= 15 is 0 Å². The monoisotopic (exact) mass is 133 g/mol. The Kier molecular flexibility index (Phi) is 0.521. The molecule has 0 radical (unpaired) electrons. The van der Waals surface area contributed by atoms with Gasteiger partial charge in [0.25, 0.3) is 0 Å². The van der Waals surface area contributed by atoms with E-state index in [1.165, 1.54) is 0 Å².